The van der Waals surface area contributed by atoms with Crippen LogP contribution in [-0.2, 0) is 16.6 Å². The molecule has 0 saturated carbocycles. The first kappa shape index (κ1) is 19.7. The Kier molecular flexibility index (Phi) is 6.17. The minimum atomic E-state index is -3.56. The number of aromatic carboxylic acids is 1. The van der Waals surface area contributed by atoms with Crippen molar-refractivity contribution in [2.75, 3.05) is 6.54 Å². The van der Waals surface area contributed by atoms with Crippen LogP contribution in [0.2, 0.25) is 0 Å². The smallest absolute Gasteiger partial charge is 0.371 e. The van der Waals surface area contributed by atoms with E-state index in [1.807, 2.05) is 13.8 Å². The molecule has 9 heteroatoms. The van der Waals surface area contributed by atoms with Gasteiger partial charge in [-0.05, 0) is 35.7 Å². The lowest BCUT2D eigenvalue weighted by Crippen LogP contribution is -2.27. The number of carbonyl (C=O) groups excluding carboxylic acids is 1. The zero-order valence-electron chi connectivity index (χ0n) is 14.4. The van der Waals surface area contributed by atoms with Crippen LogP contribution < -0.4 is 10.0 Å². The highest BCUT2D eigenvalue weighted by Gasteiger charge is 2.16. The van der Waals surface area contributed by atoms with Gasteiger partial charge in [-0.3, -0.25) is 4.79 Å². The number of rotatable bonds is 8. The van der Waals surface area contributed by atoms with Crippen LogP contribution in [0, 0.1) is 5.92 Å². The van der Waals surface area contributed by atoms with Gasteiger partial charge >= 0.3 is 5.97 Å². The van der Waals surface area contributed by atoms with Crippen molar-refractivity contribution in [3.05, 3.63) is 53.5 Å². The van der Waals surface area contributed by atoms with E-state index >= 15 is 0 Å². The topological polar surface area (TPSA) is 126 Å². The highest BCUT2D eigenvalue weighted by atomic mass is 32.2. The van der Waals surface area contributed by atoms with E-state index < -0.39 is 21.9 Å². The molecular formula is C17H20N2O6S. The van der Waals surface area contributed by atoms with Gasteiger partial charge in [0, 0.05) is 13.1 Å². The van der Waals surface area contributed by atoms with Crippen LogP contribution in [0.4, 0.5) is 0 Å². The van der Waals surface area contributed by atoms with E-state index in [0.29, 0.717) is 12.1 Å². The molecule has 0 fully saturated rings. The second-order valence-corrected chi connectivity index (χ2v) is 7.81. The average molecular weight is 380 g/mol. The minimum absolute atomic E-state index is 0.112. The summed E-state index contributed by atoms with van der Waals surface area (Å²) in [6.07, 6.45) is 0. The molecule has 1 heterocycles. The van der Waals surface area contributed by atoms with Gasteiger partial charge in [0.05, 0.1) is 4.90 Å². The van der Waals surface area contributed by atoms with Gasteiger partial charge in [-0.15, -0.1) is 0 Å². The molecule has 1 aromatic carbocycles. The van der Waals surface area contributed by atoms with Gasteiger partial charge in [-0.1, -0.05) is 26.0 Å². The first-order valence-electron chi connectivity index (χ1n) is 7.89. The second kappa shape index (κ2) is 8.15. The third kappa shape index (κ3) is 5.17. The SMILES string of the molecule is CC(C)CNS(=O)(=O)c1ccc(CNC(=O)c2ccc(C(=O)O)o2)cc1. The summed E-state index contributed by atoms with van der Waals surface area (Å²) >= 11 is 0. The quantitative estimate of drug-likeness (QED) is 0.642. The Morgan fingerprint density at radius 2 is 1.69 bits per heavy atom. The van der Waals surface area contributed by atoms with Crippen molar-refractivity contribution in [3.63, 3.8) is 0 Å². The fourth-order valence-electron chi connectivity index (χ4n) is 1.99. The molecule has 2 rings (SSSR count). The average Bonchev–Trinajstić information content (AvgIpc) is 3.09. The van der Waals surface area contributed by atoms with Crippen LogP contribution >= 0.6 is 0 Å². The molecule has 0 saturated heterocycles. The Morgan fingerprint density at radius 3 is 2.23 bits per heavy atom. The standard InChI is InChI=1S/C17H20N2O6S/c1-11(2)9-19-26(23,24)13-5-3-12(4-6-13)10-18-16(20)14-7-8-15(25-14)17(21)22/h3-8,11,19H,9-10H2,1-2H3,(H,18,20)(H,21,22). The van der Waals surface area contributed by atoms with Gasteiger partial charge < -0.3 is 14.8 Å². The molecule has 0 unspecified atom stereocenters. The molecule has 0 aliphatic heterocycles. The number of benzene rings is 1. The molecule has 1 aromatic heterocycles. The Morgan fingerprint density at radius 1 is 1.08 bits per heavy atom. The molecule has 2 aromatic rings. The van der Waals surface area contributed by atoms with Crippen molar-refractivity contribution >= 4 is 21.9 Å². The summed E-state index contributed by atoms with van der Waals surface area (Å²) in [6, 6.07) is 8.57. The van der Waals surface area contributed by atoms with Crippen LogP contribution in [0.15, 0.2) is 45.7 Å². The molecule has 0 atom stereocenters. The molecule has 3 N–H and O–H groups in total. The third-order valence-electron chi connectivity index (χ3n) is 3.41. The van der Waals surface area contributed by atoms with Gasteiger partial charge in [-0.25, -0.2) is 17.9 Å². The molecule has 140 valence electrons. The first-order chi connectivity index (χ1) is 12.2. The van der Waals surface area contributed by atoms with Gasteiger partial charge in [0.25, 0.3) is 5.91 Å². The lowest BCUT2D eigenvalue weighted by molar-refractivity contribution is 0.0659. The maximum Gasteiger partial charge on any atom is 0.371 e. The van der Waals surface area contributed by atoms with Gasteiger partial charge in [0.15, 0.2) is 5.76 Å². The highest BCUT2D eigenvalue weighted by Crippen LogP contribution is 2.12. The van der Waals surface area contributed by atoms with Crippen molar-refractivity contribution in [3.8, 4) is 0 Å². The molecule has 0 aliphatic rings. The fourth-order valence-corrected chi connectivity index (χ4v) is 3.20. The van der Waals surface area contributed by atoms with Crippen LogP contribution in [-0.4, -0.2) is 31.9 Å². The Labute approximate surface area is 151 Å². The van der Waals surface area contributed by atoms with Crippen molar-refractivity contribution in [1.82, 2.24) is 10.0 Å². The number of amides is 1. The summed E-state index contributed by atoms with van der Waals surface area (Å²) in [5.74, 6) is -2.06. The summed E-state index contributed by atoms with van der Waals surface area (Å²) in [5, 5.41) is 11.3. The number of hydrogen-bond acceptors (Lipinski definition) is 5. The summed E-state index contributed by atoms with van der Waals surface area (Å²) < 4.78 is 31.7. The highest BCUT2D eigenvalue weighted by molar-refractivity contribution is 7.89. The molecule has 0 bridgehead atoms. The van der Waals surface area contributed by atoms with Crippen LogP contribution in [0.3, 0.4) is 0 Å². The number of carboxylic acid groups (broad SMARTS) is 1. The maximum atomic E-state index is 12.1. The Bertz CT molecular complexity index is 884. The van der Waals surface area contributed by atoms with Crippen molar-refractivity contribution in [1.29, 1.82) is 0 Å². The van der Waals surface area contributed by atoms with Crippen molar-refractivity contribution in [2.45, 2.75) is 25.3 Å². The summed E-state index contributed by atoms with van der Waals surface area (Å²) in [6.45, 7) is 4.31. The largest absolute Gasteiger partial charge is 0.475 e. The van der Waals surface area contributed by atoms with E-state index in [1.165, 1.54) is 24.3 Å². The molecule has 8 nitrogen and oxygen atoms in total. The van der Waals surface area contributed by atoms with Crippen molar-refractivity contribution in [2.24, 2.45) is 5.92 Å². The third-order valence-corrected chi connectivity index (χ3v) is 4.85. The summed E-state index contributed by atoms with van der Waals surface area (Å²) in [4.78, 5) is 22.8. The number of hydrogen-bond donors (Lipinski definition) is 3. The number of sulfonamides is 1. The van der Waals surface area contributed by atoms with Gasteiger partial charge in [-0.2, -0.15) is 0 Å². The Hall–Kier alpha value is -2.65. The van der Waals surface area contributed by atoms with E-state index in [0.717, 1.165) is 0 Å². The minimum Gasteiger partial charge on any atom is -0.475 e. The molecule has 0 spiro atoms. The zero-order chi connectivity index (χ0) is 19.3. The molecule has 0 aliphatic carbocycles. The number of carbonyl (C=O) groups is 2. The van der Waals surface area contributed by atoms with Crippen LogP contribution in [0.1, 0.15) is 40.5 Å². The van der Waals surface area contributed by atoms with E-state index in [9.17, 15) is 18.0 Å². The fraction of sp³-hybridized carbons (Fsp3) is 0.294. The molecule has 0 radical (unpaired) electrons. The van der Waals surface area contributed by atoms with Crippen molar-refractivity contribution < 1.29 is 27.5 Å². The predicted octanol–water partition coefficient (Wildman–Crippen LogP) is 1.84. The molecule has 26 heavy (non-hydrogen) atoms. The second-order valence-electron chi connectivity index (χ2n) is 6.04. The van der Waals surface area contributed by atoms with E-state index in [2.05, 4.69) is 10.0 Å². The normalized spacial score (nSPS) is 11.5. The van der Waals surface area contributed by atoms with E-state index in [4.69, 9.17) is 9.52 Å². The first-order valence-corrected chi connectivity index (χ1v) is 9.37. The number of carboxylic acids is 1. The van der Waals surface area contributed by atoms with E-state index in [1.54, 1.807) is 12.1 Å². The number of furan rings is 1. The van der Waals surface area contributed by atoms with E-state index in [-0.39, 0.29) is 28.9 Å². The monoisotopic (exact) mass is 380 g/mol. The van der Waals surface area contributed by atoms with Crippen LogP contribution in [0.5, 0.6) is 0 Å². The summed E-state index contributed by atoms with van der Waals surface area (Å²) in [7, 11) is -3.56. The lowest BCUT2D eigenvalue weighted by Gasteiger charge is -2.09. The van der Waals surface area contributed by atoms with Crippen LogP contribution in [0.25, 0.3) is 0 Å². The molecule has 1 amide bonds. The lowest BCUT2D eigenvalue weighted by atomic mass is 10.2. The number of nitrogens with one attached hydrogen (secondary N) is 2. The van der Waals surface area contributed by atoms with Gasteiger partial charge in [0.1, 0.15) is 0 Å². The van der Waals surface area contributed by atoms with Gasteiger partial charge in [0.2, 0.25) is 15.8 Å². The predicted molar refractivity (Wildman–Crippen MR) is 93.3 cm³/mol. The summed E-state index contributed by atoms with van der Waals surface area (Å²) in [5.41, 5.74) is 0.686. The zero-order valence-corrected chi connectivity index (χ0v) is 15.2. The Balaban J connectivity index is 1.96. The molecular weight excluding hydrogens is 360 g/mol. The maximum absolute atomic E-state index is 12.1.